The first-order valence-corrected chi connectivity index (χ1v) is 21.2. The molecule has 4 heteroatoms. The molecule has 0 aliphatic heterocycles. The summed E-state index contributed by atoms with van der Waals surface area (Å²) in [6.07, 6.45) is 0. The van der Waals surface area contributed by atoms with Crippen LogP contribution in [0.15, 0.2) is 229 Å². The van der Waals surface area contributed by atoms with Crippen molar-refractivity contribution in [1.82, 2.24) is 15.0 Å². The highest BCUT2D eigenvalue weighted by molar-refractivity contribution is 6.13. The van der Waals surface area contributed by atoms with Crippen LogP contribution in [-0.2, 0) is 0 Å². The largest absolute Gasteiger partial charge is 0.456 e. The molecule has 0 aliphatic rings. The van der Waals surface area contributed by atoms with Crippen LogP contribution in [0.2, 0.25) is 0 Å². The van der Waals surface area contributed by atoms with Crippen LogP contribution in [0.25, 0.3) is 122 Å². The van der Waals surface area contributed by atoms with E-state index in [0.717, 1.165) is 77.6 Å². The highest BCUT2D eigenvalue weighted by atomic mass is 16.3. The fourth-order valence-corrected chi connectivity index (χ4v) is 8.95. The molecule has 0 saturated heterocycles. The molecule has 4 nitrogen and oxygen atoms in total. The second-order valence-electron chi connectivity index (χ2n) is 16.0. The SMILES string of the molecule is c1ccc(-c2ccccc2-c2nc(-c3cccc(-c4ccc5ccccc5c4)c3)nc(-c3cccc(-c4ccc5cc(-c6cccc7oc8ccccc8c67)ccc5c4)c3)n2)cc1. The van der Waals surface area contributed by atoms with E-state index in [1.165, 1.54) is 27.1 Å². The van der Waals surface area contributed by atoms with E-state index in [-0.39, 0.29) is 0 Å². The Bertz CT molecular complexity index is 3700. The number of para-hydroxylation sites is 1. The summed E-state index contributed by atoms with van der Waals surface area (Å²) in [5, 5.41) is 7.04. The number of aromatic nitrogens is 3. The smallest absolute Gasteiger partial charge is 0.164 e. The molecule has 10 aromatic carbocycles. The van der Waals surface area contributed by atoms with Crippen molar-refractivity contribution in [2.75, 3.05) is 0 Å². The average molecular weight is 804 g/mol. The Morgan fingerprint density at radius 2 is 0.714 bits per heavy atom. The number of hydrogen-bond donors (Lipinski definition) is 0. The van der Waals surface area contributed by atoms with E-state index >= 15 is 0 Å². The Balaban J connectivity index is 0.949. The van der Waals surface area contributed by atoms with Crippen molar-refractivity contribution in [2.24, 2.45) is 0 Å². The second kappa shape index (κ2) is 15.2. The molecule has 0 spiro atoms. The van der Waals surface area contributed by atoms with Crippen molar-refractivity contribution in [1.29, 1.82) is 0 Å². The quantitative estimate of drug-likeness (QED) is 0.161. The van der Waals surface area contributed by atoms with Crippen molar-refractivity contribution in [3.63, 3.8) is 0 Å². The zero-order chi connectivity index (χ0) is 41.7. The van der Waals surface area contributed by atoms with Gasteiger partial charge in [0.15, 0.2) is 17.5 Å². The molecule has 0 bridgehead atoms. The third kappa shape index (κ3) is 6.71. The Hall–Kier alpha value is -8.47. The molecule has 0 saturated carbocycles. The third-order valence-corrected chi connectivity index (χ3v) is 12.1. The summed E-state index contributed by atoms with van der Waals surface area (Å²) in [6, 6.07) is 78.9. The molecular weight excluding hydrogens is 767 g/mol. The van der Waals surface area contributed by atoms with E-state index in [4.69, 9.17) is 19.4 Å². The fraction of sp³-hybridized carbons (Fsp3) is 0. The van der Waals surface area contributed by atoms with Crippen LogP contribution in [0.3, 0.4) is 0 Å². The zero-order valence-electron chi connectivity index (χ0n) is 34.1. The Labute approximate surface area is 364 Å². The van der Waals surface area contributed by atoms with E-state index < -0.39 is 0 Å². The van der Waals surface area contributed by atoms with Gasteiger partial charge in [0.2, 0.25) is 0 Å². The molecule has 63 heavy (non-hydrogen) atoms. The molecule has 2 aromatic heterocycles. The molecule has 0 fully saturated rings. The lowest BCUT2D eigenvalue weighted by Crippen LogP contribution is -2.01. The summed E-state index contributed by atoms with van der Waals surface area (Å²) in [7, 11) is 0. The van der Waals surface area contributed by atoms with Gasteiger partial charge < -0.3 is 4.42 Å². The predicted molar refractivity (Wildman–Crippen MR) is 260 cm³/mol. The molecule has 12 aromatic rings. The normalized spacial score (nSPS) is 11.5. The van der Waals surface area contributed by atoms with Crippen molar-refractivity contribution in [3.05, 3.63) is 224 Å². The summed E-state index contributed by atoms with van der Waals surface area (Å²) >= 11 is 0. The van der Waals surface area contributed by atoms with Gasteiger partial charge >= 0.3 is 0 Å². The lowest BCUT2D eigenvalue weighted by Gasteiger charge is -2.13. The van der Waals surface area contributed by atoms with Crippen molar-refractivity contribution in [3.8, 4) is 78.7 Å². The summed E-state index contributed by atoms with van der Waals surface area (Å²) < 4.78 is 6.21. The van der Waals surface area contributed by atoms with E-state index in [2.05, 4.69) is 194 Å². The Morgan fingerprint density at radius 3 is 1.44 bits per heavy atom. The van der Waals surface area contributed by atoms with Crippen LogP contribution in [0, 0.1) is 0 Å². The molecule has 0 radical (unpaired) electrons. The first kappa shape index (κ1) is 36.4. The van der Waals surface area contributed by atoms with Gasteiger partial charge in [-0.2, -0.15) is 0 Å². The standard InChI is InChI=1S/C59H37N3O/c1-2-14-39(15-3-1)50-21-6-7-22-52(50)59-61-57(48-19-10-17-41(36-48)43-28-27-38-13-4-5-16-40(38)33-43)60-58(62-59)49-20-11-18-42(37-49)44-29-30-46-35-47(32-31-45(46)34-44)51-24-12-26-55-56(51)53-23-8-9-25-54(53)63-55/h1-37H. The van der Waals surface area contributed by atoms with Crippen LogP contribution in [0.5, 0.6) is 0 Å². The number of rotatable bonds is 7. The summed E-state index contributed by atoms with van der Waals surface area (Å²) in [6.45, 7) is 0. The van der Waals surface area contributed by atoms with Crippen LogP contribution in [0.4, 0.5) is 0 Å². The summed E-state index contributed by atoms with van der Waals surface area (Å²) in [5.74, 6) is 1.85. The molecule has 2 heterocycles. The molecule has 0 unspecified atom stereocenters. The molecule has 0 aliphatic carbocycles. The average Bonchev–Trinajstić information content (AvgIpc) is 3.75. The van der Waals surface area contributed by atoms with E-state index in [1.807, 2.05) is 30.3 Å². The summed E-state index contributed by atoms with van der Waals surface area (Å²) in [5.41, 5.74) is 13.5. The first-order chi connectivity index (χ1) is 31.2. The van der Waals surface area contributed by atoms with Crippen LogP contribution >= 0.6 is 0 Å². The number of nitrogens with zero attached hydrogens (tertiary/aromatic N) is 3. The van der Waals surface area contributed by atoms with Crippen molar-refractivity contribution >= 4 is 43.5 Å². The predicted octanol–water partition coefficient (Wildman–Crippen LogP) is 15.7. The van der Waals surface area contributed by atoms with Crippen LogP contribution < -0.4 is 0 Å². The number of fused-ring (bicyclic) bond motifs is 5. The van der Waals surface area contributed by atoms with Crippen LogP contribution in [-0.4, -0.2) is 15.0 Å². The van der Waals surface area contributed by atoms with Crippen LogP contribution in [0.1, 0.15) is 0 Å². The van der Waals surface area contributed by atoms with Crippen molar-refractivity contribution in [2.45, 2.75) is 0 Å². The molecular formula is C59H37N3O. The van der Waals surface area contributed by atoms with Gasteiger partial charge in [-0.25, -0.2) is 15.0 Å². The van der Waals surface area contributed by atoms with E-state index in [1.54, 1.807) is 0 Å². The monoisotopic (exact) mass is 803 g/mol. The minimum absolute atomic E-state index is 0.613. The van der Waals surface area contributed by atoms with Gasteiger partial charge in [-0.1, -0.05) is 182 Å². The van der Waals surface area contributed by atoms with Gasteiger partial charge in [0.1, 0.15) is 11.2 Å². The van der Waals surface area contributed by atoms with E-state index in [0.29, 0.717) is 17.5 Å². The topological polar surface area (TPSA) is 51.8 Å². The molecule has 0 amide bonds. The fourth-order valence-electron chi connectivity index (χ4n) is 8.95. The first-order valence-electron chi connectivity index (χ1n) is 21.2. The maximum Gasteiger partial charge on any atom is 0.164 e. The number of hydrogen-bond acceptors (Lipinski definition) is 4. The lowest BCUT2D eigenvalue weighted by molar-refractivity contribution is 0.669. The highest BCUT2D eigenvalue weighted by Crippen LogP contribution is 2.39. The second-order valence-corrected chi connectivity index (χ2v) is 16.0. The van der Waals surface area contributed by atoms with Gasteiger partial charge in [-0.15, -0.1) is 0 Å². The number of furan rings is 1. The van der Waals surface area contributed by atoms with Gasteiger partial charge in [0.25, 0.3) is 0 Å². The van der Waals surface area contributed by atoms with Gasteiger partial charge in [0.05, 0.1) is 0 Å². The minimum atomic E-state index is 0.613. The van der Waals surface area contributed by atoms with Crippen molar-refractivity contribution < 1.29 is 4.42 Å². The van der Waals surface area contributed by atoms with Gasteiger partial charge in [-0.05, 0) is 109 Å². The van der Waals surface area contributed by atoms with E-state index in [9.17, 15) is 0 Å². The van der Waals surface area contributed by atoms with Gasteiger partial charge in [-0.3, -0.25) is 0 Å². The summed E-state index contributed by atoms with van der Waals surface area (Å²) in [4.78, 5) is 15.7. The zero-order valence-corrected chi connectivity index (χ0v) is 34.1. The highest BCUT2D eigenvalue weighted by Gasteiger charge is 2.17. The molecule has 294 valence electrons. The number of benzene rings is 10. The maximum atomic E-state index is 6.21. The molecule has 0 N–H and O–H groups in total. The lowest BCUT2D eigenvalue weighted by atomic mass is 9.95. The molecule has 12 rings (SSSR count). The Morgan fingerprint density at radius 1 is 0.254 bits per heavy atom. The third-order valence-electron chi connectivity index (χ3n) is 12.1. The minimum Gasteiger partial charge on any atom is -0.456 e. The molecule has 0 atom stereocenters. The van der Waals surface area contributed by atoms with Gasteiger partial charge in [0, 0.05) is 27.5 Å². The Kier molecular flexibility index (Phi) is 8.79. The maximum absolute atomic E-state index is 6.21.